The minimum Gasteiger partial charge on any atom is -0.486 e. The van der Waals surface area contributed by atoms with Crippen molar-refractivity contribution >= 4 is 34.4 Å². The fraction of sp³-hybridized carbons (Fsp3) is 0.424. The Morgan fingerprint density at radius 3 is 2.38 bits per heavy atom. The molecule has 23 heteroatoms. The Hall–Kier alpha value is -7.86. The average molecular weight is 1130 g/mol. The van der Waals surface area contributed by atoms with E-state index in [9.17, 15) is 24.2 Å². The molecule has 7 atom stereocenters. The molecule has 7 aromatic rings. The van der Waals surface area contributed by atoms with E-state index in [0.717, 1.165) is 32.0 Å². The largest absolute Gasteiger partial charge is 0.486 e. The maximum absolute atomic E-state index is 15.3. The molecule has 0 radical (unpaired) electrons. The first-order valence-corrected chi connectivity index (χ1v) is 27.5. The summed E-state index contributed by atoms with van der Waals surface area (Å²) in [6.07, 6.45) is 0.449. The average Bonchev–Trinajstić information content (AvgIpc) is 3.88. The van der Waals surface area contributed by atoms with Gasteiger partial charge in [-0.1, -0.05) is 67.6 Å². The zero-order valence-electron chi connectivity index (χ0n) is 45.9. The van der Waals surface area contributed by atoms with Crippen molar-refractivity contribution < 1.29 is 51.6 Å². The number of anilines is 2. The highest BCUT2D eigenvalue weighted by Crippen LogP contribution is 2.54. The molecule has 2 bridgehead atoms. The summed E-state index contributed by atoms with van der Waals surface area (Å²) >= 11 is 0. The number of aromatic nitrogens is 7. The number of nitrogens with two attached hydrogens (primary N) is 1. The van der Waals surface area contributed by atoms with Crippen LogP contribution in [0.3, 0.4) is 0 Å². The summed E-state index contributed by atoms with van der Waals surface area (Å²) in [6.45, 7) is 7.69. The molecule has 7 heterocycles. The number of rotatable bonds is 19. The molecule has 430 valence electrons. The lowest BCUT2D eigenvalue weighted by Crippen LogP contribution is -2.50. The number of hydrogen-bond donors (Lipinski definition) is 5. The van der Waals surface area contributed by atoms with Crippen LogP contribution in [0.4, 0.5) is 29.2 Å². The number of pyridine rings is 2. The second kappa shape index (κ2) is 22.8. The summed E-state index contributed by atoms with van der Waals surface area (Å²) in [7, 11) is 1.56. The number of carbonyl (C=O) groups is 2. The third-order valence-electron chi connectivity index (χ3n) is 16.0. The van der Waals surface area contributed by atoms with E-state index < -0.39 is 60.2 Å². The topological polar surface area (TPSA) is 241 Å². The van der Waals surface area contributed by atoms with Gasteiger partial charge in [-0.2, -0.15) is 23.1 Å². The van der Waals surface area contributed by atoms with Crippen molar-refractivity contribution in [2.24, 2.45) is 5.92 Å². The first kappa shape index (κ1) is 56.0. The maximum atomic E-state index is 15.3. The number of aliphatic hydroxyl groups is 2. The molecule has 3 saturated heterocycles. The Labute approximate surface area is 470 Å². The molecule has 0 spiro atoms. The van der Waals surface area contributed by atoms with Crippen molar-refractivity contribution in [3.8, 4) is 45.4 Å². The number of aryl methyl sites for hydroxylation is 1. The van der Waals surface area contributed by atoms with Crippen LogP contribution in [-0.4, -0.2) is 132 Å². The van der Waals surface area contributed by atoms with Gasteiger partial charge in [-0.3, -0.25) is 14.6 Å². The van der Waals surface area contributed by atoms with E-state index in [-0.39, 0.29) is 96.1 Å². The minimum atomic E-state index is -4.81. The van der Waals surface area contributed by atoms with Crippen LogP contribution in [0.5, 0.6) is 11.8 Å². The van der Waals surface area contributed by atoms with Gasteiger partial charge in [0.05, 0.1) is 48.5 Å². The van der Waals surface area contributed by atoms with Crippen molar-refractivity contribution in [1.29, 1.82) is 0 Å². The number of likely N-dealkylation sites (tertiary alicyclic amines) is 1. The first-order valence-electron chi connectivity index (χ1n) is 27.5. The second-order valence-corrected chi connectivity index (χ2v) is 22.1. The van der Waals surface area contributed by atoms with Gasteiger partial charge >= 0.3 is 12.2 Å². The van der Waals surface area contributed by atoms with Crippen LogP contribution in [0.25, 0.3) is 44.5 Å². The highest BCUT2D eigenvalue weighted by Gasteiger charge is 2.45. The molecule has 3 aromatic carbocycles. The molecular weight excluding hydrogens is 1060 g/mol. The molecule has 82 heavy (non-hydrogen) atoms. The number of alkyl halides is 3. The fourth-order valence-corrected chi connectivity index (χ4v) is 11.6. The Kier molecular flexibility index (Phi) is 15.6. The predicted molar refractivity (Wildman–Crippen MR) is 296 cm³/mol. The molecule has 1 saturated carbocycles. The van der Waals surface area contributed by atoms with Crippen LogP contribution in [0.15, 0.2) is 85.3 Å². The monoisotopic (exact) mass is 1130 g/mol. The minimum absolute atomic E-state index is 0.0138. The normalized spacial score (nSPS) is 20.0. The molecule has 19 nitrogen and oxygen atoms in total. The number of nitrogen functional groups attached to an aromatic ring is 1. The summed E-state index contributed by atoms with van der Waals surface area (Å²) in [6, 6.07) is 16.0. The number of nitrogens with one attached hydrogen (secondary N) is 2. The zero-order chi connectivity index (χ0) is 57.7. The Balaban J connectivity index is 0.873. The number of aliphatic hydroxyl groups excluding tert-OH is 2. The number of benzene rings is 3. The number of fused-ring (bicyclic) bond motifs is 3. The fourth-order valence-electron chi connectivity index (χ4n) is 11.6. The standard InChI is InChI=1S/C59H64F4N12O7/c1-30(2)53(57(79)74-25-40(77)20-47(74)56(78)67-46(27-76)37-14-12-34(13-15-37)41-16-17-65-23-44(41)60)75-26-45(71-72-75)36-8-6-33(7-9-36)29-81-54-49(52-50(59(61,62)63)31(3)18-48(64)68-52)42(35-10-11-35)21-43-51(54)69-58(82-28-32(4)80-5)70-55(43)73-24-38-19-39(73)22-66-38/h6-9,12-18,21,23,26,30,32,35,38-40,46-47,53,66,76-77H,10-11,19-20,22,24-25,27-29H2,1-5H3,(H2,64,68)(H,67,78)/t32-,38-,39-,40+,46-,47-,53-/m0/s1. The quantitative estimate of drug-likeness (QED) is 0.0493. The van der Waals surface area contributed by atoms with Gasteiger partial charge in [-0.25, -0.2) is 14.1 Å². The van der Waals surface area contributed by atoms with E-state index >= 15 is 13.2 Å². The molecule has 4 aromatic heterocycles. The van der Waals surface area contributed by atoms with Gasteiger partial charge in [0.15, 0.2) is 5.75 Å². The van der Waals surface area contributed by atoms with Gasteiger partial charge in [-0.15, -0.1) is 5.10 Å². The number of hydrogen-bond acceptors (Lipinski definition) is 16. The van der Waals surface area contributed by atoms with E-state index in [1.807, 2.05) is 26.8 Å². The third-order valence-corrected chi connectivity index (χ3v) is 16.0. The Morgan fingerprint density at radius 2 is 1.72 bits per heavy atom. The van der Waals surface area contributed by atoms with Crippen LogP contribution in [0, 0.1) is 18.7 Å². The SMILES string of the molecule is CO[C@@H](C)COc1nc(N2C[C@@H]3C[C@H]2CN3)c2cc(C3CC3)c(-c3nc(N)cc(C)c3C(F)(F)F)c(OCc3ccc(-c4cn([C@H](C(=O)N5C[C@H](O)C[C@H]5C(=O)N[C@@H](CO)c5ccc(-c6ccncc6F)cc5)C(C)C)nn4)cc3)c2n1. The highest BCUT2D eigenvalue weighted by atomic mass is 19.4. The molecule has 4 aliphatic rings. The summed E-state index contributed by atoms with van der Waals surface area (Å²) in [5.74, 6) is -1.38. The lowest BCUT2D eigenvalue weighted by Gasteiger charge is -2.30. The van der Waals surface area contributed by atoms with Gasteiger partial charge in [0.2, 0.25) is 11.8 Å². The number of ether oxygens (including phenoxy) is 3. The number of carbonyl (C=O) groups excluding carboxylic acids is 2. The third kappa shape index (κ3) is 11.3. The van der Waals surface area contributed by atoms with Crippen molar-refractivity contribution in [3.63, 3.8) is 0 Å². The highest BCUT2D eigenvalue weighted by molar-refractivity contribution is 6.01. The number of halogens is 4. The smallest absolute Gasteiger partial charge is 0.418 e. The molecule has 3 aliphatic heterocycles. The van der Waals surface area contributed by atoms with E-state index in [0.29, 0.717) is 56.8 Å². The second-order valence-electron chi connectivity index (χ2n) is 22.1. The molecule has 6 N–H and O–H groups in total. The van der Waals surface area contributed by atoms with Crippen molar-refractivity contribution in [2.75, 3.05) is 50.6 Å². The zero-order valence-corrected chi connectivity index (χ0v) is 45.9. The summed E-state index contributed by atoms with van der Waals surface area (Å²) in [5, 5.41) is 37.1. The number of piperazine rings is 1. The first-order chi connectivity index (χ1) is 39.4. The molecular formula is C59H64F4N12O7. The molecule has 0 unspecified atom stereocenters. The van der Waals surface area contributed by atoms with Crippen molar-refractivity contribution in [2.45, 2.75) is 114 Å². The number of β-amino-alcohol motifs (C(OH)–C–C–N with tert-alkyl or cyclic N) is 1. The van der Waals surface area contributed by atoms with Crippen molar-refractivity contribution in [3.05, 3.63) is 119 Å². The number of methoxy groups -OCH3 is 1. The molecule has 1 aliphatic carbocycles. The Morgan fingerprint density at radius 1 is 0.963 bits per heavy atom. The van der Waals surface area contributed by atoms with Crippen LogP contribution in [0.1, 0.15) is 92.3 Å². The number of amides is 2. The van der Waals surface area contributed by atoms with Crippen LogP contribution >= 0.6 is 0 Å². The summed E-state index contributed by atoms with van der Waals surface area (Å²) < 4.78 is 80.3. The van der Waals surface area contributed by atoms with Crippen LogP contribution in [0.2, 0.25) is 0 Å². The summed E-state index contributed by atoms with van der Waals surface area (Å²) in [4.78, 5) is 50.2. The van der Waals surface area contributed by atoms with Gasteiger partial charge in [0, 0.05) is 73.5 Å². The Bertz CT molecular complexity index is 3510. The lowest BCUT2D eigenvalue weighted by molar-refractivity contribution is -0.142. The van der Waals surface area contributed by atoms with Gasteiger partial charge in [0.25, 0.3) is 0 Å². The van der Waals surface area contributed by atoms with E-state index in [4.69, 9.17) is 29.9 Å². The lowest BCUT2D eigenvalue weighted by atomic mass is 9.92. The molecule has 4 fully saturated rings. The predicted octanol–water partition coefficient (Wildman–Crippen LogP) is 7.49. The summed E-state index contributed by atoms with van der Waals surface area (Å²) in [5.41, 5.74) is 9.12. The van der Waals surface area contributed by atoms with Gasteiger partial charge in [0.1, 0.15) is 54.0 Å². The van der Waals surface area contributed by atoms with E-state index in [1.54, 1.807) is 67.9 Å². The van der Waals surface area contributed by atoms with Crippen LogP contribution in [-0.2, 0) is 27.1 Å². The van der Waals surface area contributed by atoms with E-state index in [1.165, 1.54) is 28.8 Å². The van der Waals surface area contributed by atoms with Gasteiger partial charge in [-0.05, 0) is 91.0 Å². The van der Waals surface area contributed by atoms with Gasteiger partial charge < -0.3 is 50.6 Å². The number of nitrogens with zero attached hydrogens (tertiary/aromatic N) is 9. The van der Waals surface area contributed by atoms with Crippen molar-refractivity contribution in [1.82, 2.24) is 50.5 Å². The van der Waals surface area contributed by atoms with E-state index in [2.05, 4.69) is 35.8 Å². The molecule has 11 rings (SSSR count). The molecule has 2 amide bonds. The maximum Gasteiger partial charge on any atom is 0.418 e. The van der Waals surface area contributed by atoms with Crippen LogP contribution < -0.4 is 30.7 Å².